The van der Waals surface area contributed by atoms with Gasteiger partial charge in [0.25, 0.3) is 0 Å². The molecule has 0 saturated carbocycles. The van der Waals surface area contributed by atoms with E-state index in [-0.39, 0.29) is 30.4 Å². The molecule has 136 valence electrons. The molecule has 0 radical (unpaired) electrons. The van der Waals surface area contributed by atoms with E-state index < -0.39 is 24.0 Å². The molecule has 2 amide bonds. The van der Waals surface area contributed by atoms with Gasteiger partial charge in [-0.1, -0.05) is 0 Å². The predicted octanol–water partition coefficient (Wildman–Crippen LogP) is 1.17. The van der Waals surface area contributed by atoms with E-state index in [1.165, 1.54) is 41.0 Å². The molecule has 2 N–H and O–H groups in total. The van der Waals surface area contributed by atoms with E-state index in [2.05, 4.69) is 10.3 Å². The molecular weight excluding hydrogens is 347 g/mol. The lowest BCUT2D eigenvalue weighted by molar-refractivity contribution is -0.119. The third-order valence-electron chi connectivity index (χ3n) is 3.78. The summed E-state index contributed by atoms with van der Waals surface area (Å²) in [6.45, 7) is 1.70. The highest BCUT2D eigenvalue weighted by Crippen LogP contribution is 2.25. The van der Waals surface area contributed by atoms with Gasteiger partial charge in [-0.05, 0) is 18.2 Å². The van der Waals surface area contributed by atoms with Gasteiger partial charge < -0.3 is 19.7 Å². The van der Waals surface area contributed by atoms with Crippen molar-refractivity contribution in [2.45, 2.75) is 13.0 Å². The number of carboxylic acids is 1. The van der Waals surface area contributed by atoms with E-state index in [1.54, 1.807) is 0 Å². The molecule has 1 unspecified atom stereocenters. The maximum atomic E-state index is 14.4. The first-order valence-electron chi connectivity index (χ1n) is 7.65. The van der Waals surface area contributed by atoms with Crippen molar-refractivity contribution >= 4 is 23.7 Å². The zero-order chi connectivity index (χ0) is 18.8. The molecule has 26 heavy (non-hydrogen) atoms. The van der Waals surface area contributed by atoms with Gasteiger partial charge in [0.2, 0.25) is 5.91 Å². The van der Waals surface area contributed by atoms with Gasteiger partial charge in [-0.15, -0.1) is 0 Å². The maximum absolute atomic E-state index is 14.4. The number of aromatic nitrogens is 2. The highest BCUT2D eigenvalue weighted by Gasteiger charge is 2.32. The molecule has 3 rings (SSSR count). The fourth-order valence-electron chi connectivity index (χ4n) is 2.53. The van der Waals surface area contributed by atoms with Crippen LogP contribution < -0.4 is 10.2 Å². The highest BCUT2D eigenvalue weighted by atomic mass is 19.1. The molecular formula is C16H15FN4O5. The van der Waals surface area contributed by atoms with E-state index >= 15 is 0 Å². The minimum absolute atomic E-state index is 0.0936. The number of carbonyl (C=O) groups is 3. The van der Waals surface area contributed by atoms with Crippen LogP contribution in [0.15, 0.2) is 30.7 Å². The lowest BCUT2D eigenvalue weighted by Crippen LogP contribution is -2.33. The maximum Gasteiger partial charge on any atom is 0.414 e. The van der Waals surface area contributed by atoms with Gasteiger partial charge in [0, 0.05) is 13.1 Å². The van der Waals surface area contributed by atoms with E-state index in [0.29, 0.717) is 5.69 Å². The van der Waals surface area contributed by atoms with Crippen molar-refractivity contribution in [1.29, 1.82) is 0 Å². The lowest BCUT2D eigenvalue weighted by atomic mass is 10.2. The first kappa shape index (κ1) is 17.4. The van der Waals surface area contributed by atoms with Crippen molar-refractivity contribution in [2.24, 2.45) is 0 Å². The third kappa shape index (κ3) is 3.48. The molecule has 1 aromatic carbocycles. The number of hydrogen-bond acceptors (Lipinski definition) is 5. The van der Waals surface area contributed by atoms with Crippen LogP contribution in [0, 0.1) is 5.82 Å². The number of cyclic esters (lactones) is 1. The first-order chi connectivity index (χ1) is 12.3. The largest absolute Gasteiger partial charge is 0.476 e. The Balaban J connectivity index is 1.77. The molecule has 0 aliphatic carbocycles. The van der Waals surface area contributed by atoms with Crippen molar-refractivity contribution < 1.29 is 28.6 Å². The minimum atomic E-state index is -1.22. The quantitative estimate of drug-likeness (QED) is 0.825. The van der Waals surface area contributed by atoms with E-state index in [4.69, 9.17) is 9.84 Å². The van der Waals surface area contributed by atoms with E-state index in [9.17, 15) is 18.8 Å². The number of amides is 2. The average Bonchev–Trinajstić information content (AvgIpc) is 3.20. The molecule has 9 nitrogen and oxygen atoms in total. The summed E-state index contributed by atoms with van der Waals surface area (Å²) in [6, 6.07) is 4.07. The van der Waals surface area contributed by atoms with E-state index in [0.717, 1.165) is 6.07 Å². The van der Waals surface area contributed by atoms with Crippen molar-refractivity contribution in [3.05, 3.63) is 42.2 Å². The summed E-state index contributed by atoms with van der Waals surface area (Å²) in [7, 11) is 0. The molecule has 1 saturated heterocycles. The van der Waals surface area contributed by atoms with Gasteiger partial charge in [-0.25, -0.2) is 19.0 Å². The summed E-state index contributed by atoms with van der Waals surface area (Å²) in [5.74, 6) is -2.11. The zero-order valence-corrected chi connectivity index (χ0v) is 13.7. The second-order valence-corrected chi connectivity index (χ2v) is 5.66. The monoisotopic (exact) mass is 362 g/mol. The van der Waals surface area contributed by atoms with Crippen LogP contribution in [0.2, 0.25) is 0 Å². The van der Waals surface area contributed by atoms with Crippen molar-refractivity contribution in [3.8, 4) is 5.69 Å². The van der Waals surface area contributed by atoms with Crippen molar-refractivity contribution in [3.63, 3.8) is 0 Å². The average molecular weight is 362 g/mol. The summed E-state index contributed by atoms with van der Waals surface area (Å²) in [4.78, 5) is 38.7. The Morgan fingerprint density at radius 2 is 2.23 bits per heavy atom. The van der Waals surface area contributed by atoms with Gasteiger partial charge in [0.15, 0.2) is 5.69 Å². The molecule has 1 atom stereocenters. The number of anilines is 1. The Kier molecular flexibility index (Phi) is 4.57. The number of halogens is 1. The Bertz CT molecular complexity index is 881. The molecule has 0 spiro atoms. The molecule has 1 aromatic heterocycles. The fraction of sp³-hybridized carbons (Fsp3) is 0.250. The van der Waals surface area contributed by atoms with Crippen LogP contribution in [0.25, 0.3) is 5.69 Å². The summed E-state index contributed by atoms with van der Waals surface area (Å²) in [5.41, 5.74) is 0.175. The third-order valence-corrected chi connectivity index (χ3v) is 3.78. The molecule has 1 fully saturated rings. The standard InChI is InChI=1S/C16H15FN4O5/c1-9(22)18-5-11-6-21(16(25)26-11)10-2-3-14(12(17)4-10)20-7-13(15(23)24)19-8-20/h2-4,7-8,11H,5-6H2,1H3,(H,18,22)(H,23,24). The SMILES string of the molecule is CC(=O)NCC1CN(c2ccc(-n3cnc(C(=O)O)c3)c(F)c2)C(=O)O1. The van der Waals surface area contributed by atoms with Crippen molar-refractivity contribution in [1.82, 2.24) is 14.9 Å². The summed E-state index contributed by atoms with van der Waals surface area (Å²) >= 11 is 0. The lowest BCUT2D eigenvalue weighted by Gasteiger charge is -2.14. The van der Waals surface area contributed by atoms with Crippen LogP contribution in [0.3, 0.4) is 0 Å². The van der Waals surface area contributed by atoms with Crippen LogP contribution in [-0.4, -0.2) is 51.8 Å². The Labute approximate surface area is 147 Å². The Hall–Kier alpha value is -3.43. The normalized spacial score (nSPS) is 16.5. The number of carbonyl (C=O) groups excluding carboxylic acids is 2. The number of nitrogens with zero attached hydrogens (tertiary/aromatic N) is 3. The Morgan fingerprint density at radius 3 is 2.85 bits per heavy atom. The van der Waals surface area contributed by atoms with Crippen LogP contribution >= 0.6 is 0 Å². The fourth-order valence-corrected chi connectivity index (χ4v) is 2.53. The number of ether oxygens (including phenoxy) is 1. The van der Waals surface area contributed by atoms with Gasteiger partial charge in [-0.2, -0.15) is 0 Å². The number of imidazole rings is 1. The number of rotatable bonds is 5. The Morgan fingerprint density at radius 1 is 1.46 bits per heavy atom. The minimum Gasteiger partial charge on any atom is -0.476 e. The number of carboxylic acid groups (broad SMARTS) is 1. The smallest absolute Gasteiger partial charge is 0.414 e. The van der Waals surface area contributed by atoms with E-state index in [1.807, 2.05) is 0 Å². The second-order valence-electron chi connectivity index (χ2n) is 5.66. The first-order valence-corrected chi connectivity index (χ1v) is 7.65. The molecule has 0 bridgehead atoms. The highest BCUT2D eigenvalue weighted by molar-refractivity contribution is 5.90. The van der Waals surface area contributed by atoms with Crippen LogP contribution in [0.5, 0.6) is 0 Å². The number of benzene rings is 1. The molecule has 1 aliphatic rings. The molecule has 2 aromatic rings. The molecule has 2 heterocycles. The second kappa shape index (κ2) is 6.82. The number of hydrogen-bond donors (Lipinski definition) is 2. The van der Waals surface area contributed by atoms with Crippen molar-refractivity contribution in [2.75, 3.05) is 18.0 Å². The van der Waals surface area contributed by atoms with Crippen LogP contribution in [0.4, 0.5) is 14.9 Å². The van der Waals surface area contributed by atoms with Gasteiger partial charge >= 0.3 is 12.1 Å². The summed E-state index contributed by atoms with van der Waals surface area (Å²) in [5, 5.41) is 11.4. The predicted molar refractivity (Wildman–Crippen MR) is 86.8 cm³/mol. The zero-order valence-electron chi connectivity index (χ0n) is 13.7. The number of aromatic carboxylic acids is 1. The van der Waals surface area contributed by atoms with Gasteiger partial charge in [0.05, 0.1) is 24.5 Å². The number of nitrogens with one attached hydrogen (secondary N) is 1. The van der Waals surface area contributed by atoms with Gasteiger partial charge in [-0.3, -0.25) is 9.69 Å². The molecule has 1 aliphatic heterocycles. The summed E-state index contributed by atoms with van der Waals surface area (Å²) in [6.07, 6.45) is 1.22. The van der Waals surface area contributed by atoms with Gasteiger partial charge in [0.1, 0.15) is 18.2 Å². The molecule has 10 heteroatoms. The topological polar surface area (TPSA) is 114 Å². The van der Waals surface area contributed by atoms with Crippen LogP contribution in [-0.2, 0) is 9.53 Å². The van der Waals surface area contributed by atoms with Crippen LogP contribution in [0.1, 0.15) is 17.4 Å². The summed E-state index contributed by atoms with van der Waals surface area (Å²) < 4.78 is 20.8.